The molecule has 4 rings (SSSR count). The summed E-state index contributed by atoms with van der Waals surface area (Å²) < 4.78 is 40.9. The summed E-state index contributed by atoms with van der Waals surface area (Å²) in [6.07, 6.45) is -5.45. The Labute approximate surface area is 183 Å². The Morgan fingerprint density at radius 1 is 1.16 bits per heavy atom. The molecule has 0 aliphatic carbocycles. The zero-order valence-corrected chi connectivity index (χ0v) is 17.9. The van der Waals surface area contributed by atoms with Crippen LogP contribution < -0.4 is 5.56 Å². The van der Waals surface area contributed by atoms with Gasteiger partial charge in [-0.15, -0.1) is 0 Å². The minimum absolute atomic E-state index is 0.217. The van der Waals surface area contributed by atoms with E-state index in [1.54, 1.807) is 35.7 Å². The lowest BCUT2D eigenvalue weighted by Crippen LogP contribution is -2.48. The van der Waals surface area contributed by atoms with Gasteiger partial charge in [0.2, 0.25) is 5.91 Å². The number of halogens is 3. The zero-order chi connectivity index (χ0) is 23.2. The van der Waals surface area contributed by atoms with Crippen molar-refractivity contribution in [2.75, 3.05) is 27.2 Å². The number of carbonyl (C=O) groups is 1. The molecular weight excluding hydrogens is 423 g/mol. The highest BCUT2D eigenvalue weighted by Gasteiger charge is 2.56. The van der Waals surface area contributed by atoms with Gasteiger partial charge in [-0.1, -0.05) is 30.3 Å². The van der Waals surface area contributed by atoms with Crippen LogP contribution in [0.5, 0.6) is 0 Å². The van der Waals surface area contributed by atoms with Gasteiger partial charge >= 0.3 is 6.18 Å². The largest absolute Gasteiger partial charge is 0.396 e. The van der Waals surface area contributed by atoms with Gasteiger partial charge in [-0.25, -0.2) is 0 Å². The number of hydrogen-bond donors (Lipinski definition) is 1. The number of aliphatic hydroxyl groups excluding tert-OH is 1. The maximum absolute atomic E-state index is 13.3. The third kappa shape index (κ3) is 3.84. The fourth-order valence-electron chi connectivity index (χ4n) is 5.20. The number of amides is 1. The highest BCUT2D eigenvalue weighted by molar-refractivity contribution is 5.82. The van der Waals surface area contributed by atoms with E-state index < -0.39 is 30.6 Å². The lowest BCUT2D eigenvalue weighted by atomic mass is 9.88. The van der Waals surface area contributed by atoms with Gasteiger partial charge in [-0.05, 0) is 17.7 Å². The number of fused-ring (bicyclic) bond motifs is 3. The number of likely N-dealkylation sites (tertiary alicyclic amines) is 1. The van der Waals surface area contributed by atoms with E-state index in [1.165, 1.54) is 4.90 Å². The predicted molar refractivity (Wildman–Crippen MR) is 113 cm³/mol. The standard InChI is InChI=1S/C23H26F3N3O3/c1-27(2)22(32)20-17(13-30)16-12-29-18(19(16)28(20)11-10-23(24,25)26)9-8-15(21(29)31)14-6-4-3-5-7-14/h3-9,16-17,19-20,30H,10-13H2,1-2H3/t16-,17-,19+,20-/m0/s1. The summed E-state index contributed by atoms with van der Waals surface area (Å²) in [5.41, 5.74) is 1.65. The average Bonchev–Trinajstić information content (AvgIpc) is 3.27. The highest BCUT2D eigenvalue weighted by atomic mass is 19.4. The van der Waals surface area contributed by atoms with Gasteiger partial charge in [-0.3, -0.25) is 14.5 Å². The number of alkyl halides is 3. The maximum atomic E-state index is 13.3. The van der Waals surface area contributed by atoms with E-state index in [9.17, 15) is 27.9 Å². The molecule has 0 spiro atoms. The Bertz CT molecular complexity index is 1050. The highest BCUT2D eigenvalue weighted by Crippen LogP contribution is 2.50. The zero-order valence-electron chi connectivity index (χ0n) is 17.9. The topological polar surface area (TPSA) is 65.8 Å². The van der Waals surface area contributed by atoms with Crippen molar-refractivity contribution in [3.63, 3.8) is 0 Å². The summed E-state index contributed by atoms with van der Waals surface area (Å²) in [6.45, 7) is -0.466. The molecule has 2 aliphatic heterocycles. The molecule has 0 unspecified atom stereocenters. The Kier molecular flexibility index (Phi) is 5.89. The van der Waals surface area contributed by atoms with Crippen LogP contribution in [0.4, 0.5) is 13.2 Å². The minimum Gasteiger partial charge on any atom is -0.396 e. The van der Waals surface area contributed by atoms with Crippen LogP contribution >= 0.6 is 0 Å². The first-order chi connectivity index (χ1) is 15.1. The van der Waals surface area contributed by atoms with Gasteiger partial charge < -0.3 is 14.6 Å². The molecule has 1 saturated heterocycles. The number of aliphatic hydroxyl groups is 1. The van der Waals surface area contributed by atoms with Crippen LogP contribution in [0.15, 0.2) is 47.3 Å². The number of hydrogen-bond acceptors (Lipinski definition) is 4. The Balaban J connectivity index is 1.78. The lowest BCUT2D eigenvalue weighted by molar-refractivity contribution is -0.146. The van der Waals surface area contributed by atoms with Gasteiger partial charge in [0.25, 0.3) is 5.56 Å². The summed E-state index contributed by atoms with van der Waals surface area (Å²) in [5.74, 6) is -1.24. The van der Waals surface area contributed by atoms with E-state index in [0.717, 1.165) is 5.56 Å². The van der Waals surface area contributed by atoms with Crippen molar-refractivity contribution in [1.82, 2.24) is 14.4 Å². The first kappa shape index (κ1) is 22.5. The monoisotopic (exact) mass is 449 g/mol. The molecular formula is C23H26F3N3O3. The molecule has 0 bridgehead atoms. The van der Waals surface area contributed by atoms with Crippen molar-refractivity contribution in [3.8, 4) is 11.1 Å². The van der Waals surface area contributed by atoms with Crippen molar-refractivity contribution in [1.29, 1.82) is 0 Å². The van der Waals surface area contributed by atoms with Crippen LogP contribution in [0.1, 0.15) is 18.2 Å². The quantitative estimate of drug-likeness (QED) is 0.762. The van der Waals surface area contributed by atoms with Gasteiger partial charge in [0.1, 0.15) is 0 Å². The molecule has 2 aliphatic rings. The smallest absolute Gasteiger partial charge is 0.390 e. The van der Waals surface area contributed by atoms with E-state index in [4.69, 9.17) is 0 Å². The van der Waals surface area contributed by atoms with Crippen LogP contribution in [0.25, 0.3) is 11.1 Å². The normalized spacial score (nSPS) is 24.9. The van der Waals surface area contributed by atoms with Crippen LogP contribution in [0.2, 0.25) is 0 Å². The minimum atomic E-state index is -4.38. The van der Waals surface area contributed by atoms with Crippen LogP contribution in [0, 0.1) is 11.8 Å². The summed E-state index contributed by atoms with van der Waals surface area (Å²) in [4.78, 5) is 29.1. The molecule has 1 amide bonds. The fourth-order valence-corrected chi connectivity index (χ4v) is 5.20. The Morgan fingerprint density at radius 2 is 1.84 bits per heavy atom. The molecule has 9 heteroatoms. The van der Waals surface area contributed by atoms with E-state index in [1.807, 2.05) is 30.3 Å². The molecule has 4 atom stereocenters. The number of nitrogens with zero attached hydrogens (tertiary/aromatic N) is 3. The molecule has 1 fully saturated rings. The molecule has 32 heavy (non-hydrogen) atoms. The third-order valence-electron chi connectivity index (χ3n) is 6.62. The number of pyridine rings is 1. The van der Waals surface area contributed by atoms with Crippen LogP contribution in [0.3, 0.4) is 0 Å². The van der Waals surface area contributed by atoms with Crippen molar-refractivity contribution in [2.24, 2.45) is 11.8 Å². The van der Waals surface area contributed by atoms with Gasteiger partial charge in [-0.2, -0.15) is 13.2 Å². The second-order valence-electron chi connectivity index (χ2n) is 8.69. The van der Waals surface area contributed by atoms with E-state index in [-0.39, 0.29) is 37.1 Å². The Hall–Kier alpha value is -2.65. The summed E-state index contributed by atoms with van der Waals surface area (Å²) >= 11 is 0. The third-order valence-corrected chi connectivity index (χ3v) is 6.62. The number of benzene rings is 1. The second-order valence-corrected chi connectivity index (χ2v) is 8.69. The molecule has 0 saturated carbocycles. The number of rotatable bonds is 5. The van der Waals surface area contributed by atoms with Crippen molar-refractivity contribution in [3.05, 3.63) is 58.5 Å². The molecule has 3 heterocycles. The number of aromatic nitrogens is 1. The van der Waals surface area contributed by atoms with Crippen molar-refractivity contribution < 1.29 is 23.1 Å². The molecule has 2 aromatic rings. The summed E-state index contributed by atoms with van der Waals surface area (Å²) in [5, 5.41) is 10.1. The first-order valence-electron chi connectivity index (χ1n) is 10.6. The molecule has 0 radical (unpaired) electrons. The number of likely N-dealkylation sites (N-methyl/N-ethyl adjacent to an activating group) is 1. The van der Waals surface area contributed by atoms with E-state index in [2.05, 4.69) is 0 Å². The van der Waals surface area contributed by atoms with E-state index in [0.29, 0.717) is 11.3 Å². The average molecular weight is 449 g/mol. The van der Waals surface area contributed by atoms with Crippen LogP contribution in [-0.2, 0) is 11.3 Å². The summed E-state index contributed by atoms with van der Waals surface area (Å²) in [7, 11) is 3.11. The van der Waals surface area contributed by atoms with Crippen molar-refractivity contribution >= 4 is 5.91 Å². The maximum Gasteiger partial charge on any atom is 0.390 e. The van der Waals surface area contributed by atoms with Crippen molar-refractivity contribution in [2.45, 2.75) is 31.2 Å². The van der Waals surface area contributed by atoms with Gasteiger partial charge in [0, 0.05) is 56.9 Å². The SMILES string of the molecule is CN(C)C(=O)[C@@H]1[C@@H](CO)[C@@H]2Cn3c(ccc(-c4ccccc4)c3=O)[C@@H]2N1CCC(F)(F)F. The first-order valence-corrected chi connectivity index (χ1v) is 10.6. The van der Waals surface area contributed by atoms with Gasteiger partial charge in [0.05, 0.1) is 18.5 Å². The second kappa shape index (κ2) is 8.37. The predicted octanol–water partition coefficient (Wildman–Crippen LogP) is 2.52. The van der Waals surface area contributed by atoms with E-state index >= 15 is 0 Å². The van der Waals surface area contributed by atoms with Crippen LogP contribution in [-0.4, -0.2) is 64.8 Å². The lowest BCUT2D eigenvalue weighted by Gasteiger charge is -2.32. The number of carbonyl (C=O) groups excluding carboxylic acids is 1. The molecule has 6 nitrogen and oxygen atoms in total. The molecule has 172 valence electrons. The Morgan fingerprint density at radius 3 is 2.44 bits per heavy atom. The molecule has 1 aromatic heterocycles. The molecule has 1 N–H and O–H groups in total. The molecule has 1 aromatic carbocycles. The fraction of sp³-hybridized carbons (Fsp3) is 0.478. The summed E-state index contributed by atoms with van der Waals surface area (Å²) in [6, 6.07) is 11.2. The van der Waals surface area contributed by atoms with Gasteiger partial charge in [0.15, 0.2) is 0 Å².